The Morgan fingerprint density at radius 1 is 1.12 bits per heavy atom. The van der Waals surface area contributed by atoms with Crippen molar-refractivity contribution in [2.24, 2.45) is 4.99 Å². The predicted molar refractivity (Wildman–Crippen MR) is 110 cm³/mol. The van der Waals surface area contributed by atoms with Gasteiger partial charge in [-0.3, -0.25) is 4.99 Å². The summed E-state index contributed by atoms with van der Waals surface area (Å²) in [5.74, 6) is 0.937. The minimum absolute atomic E-state index is 0.456. The Hall–Kier alpha value is -0.810. The highest BCUT2D eigenvalue weighted by atomic mass is 15.2. The van der Waals surface area contributed by atoms with Crippen LogP contribution in [0.25, 0.3) is 0 Å². The monoisotopic (exact) mass is 353 g/mol. The Balaban J connectivity index is 2.18. The van der Waals surface area contributed by atoms with E-state index in [1.165, 1.54) is 51.5 Å². The number of rotatable bonds is 11. The lowest BCUT2D eigenvalue weighted by molar-refractivity contribution is 0.194. The molecule has 1 rings (SSSR count). The van der Waals surface area contributed by atoms with Crippen LogP contribution in [-0.4, -0.2) is 74.7 Å². The van der Waals surface area contributed by atoms with Crippen LogP contribution in [0.1, 0.15) is 65.7 Å². The topological polar surface area (TPSA) is 42.9 Å². The second-order valence-electron chi connectivity index (χ2n) is 7.49. The largest absolute Gasteiger partial charge is 0.355 e. The Kier molecular flexibility index (Phi) is 11.9. The molecule has 5 nitrogen and oxygen atoms in total. The summed E-state index contributed by atoms with van der Waals surface area (Å²) >= 11 is 0. The zero-order valence-corrected chi connectivity index (χ0v) is 17.5. The number of hydrogen-bond acceptors (Lipinski definition) is 3. The van der Waals surface area contributed by atoms with Gasteiger partial charge in [-0.1, -0.05) is 33.1 Å². The van der Waals surface area contributed by atoms with E-state index >= 15 is 0 Å². The fourth-order valence-electron chi connectivity index (χ4n) is 3.72. The Morgan fingerprint density at radius 2 is 1.80 bits per heavy atom. The van der Waals surface area contributed by atoms with Gasteiger partial charge < -0.3 is 20.4 Å². The summed E-state index contributed by atoms with van der Waals surface area (Å²) in [7, 11) is 4.13. The zero-order valence-electron chi connectivity index (χ0n) is 17.5. The van der Waals surface area contributed by atoms with Gasteiger partial charge in [0.1, 0.15) is 0 Å². The molecule has 1 unspecified atom stereocenters. The van der Waals surface area contributed by atoms with E-state index in [0.717, 1.165) is 38.2 Å². The summed E-state index contributed by atoms with van der Waals surface area (Å²) < 4.78 is 0. The van der Waals surface area contributed by atoms with E-state index in [2.05, 4.69) is 53.2 Å². The second kappa shape index (κ2) is 13.4. The molecule has 148 valence electrons. The van der Waals surface area contributed by atoms with Gasteiger partial charge in [0.25, 0.3) is 0 Å². The molecular formula is C20H43N5. The van der Waals surface area contributed by atoms with E-state index < -0.39 is 0 Å². The third kappa shape index (κ3) is 9.45. The van der Waals surface area contributed by atoms with Gasteiger partial charge >= 0.3 is 0 Å². The van der Waals surface area contributed by atoms with Gasteiger partial charge in [0.05, 0.1) is 0 Å². The number of aliphatic imine (C=N–C) groups is 1. The fourth-order valence-corrected chi connectivity index (χ4v) is 3.72. The fraction of sp³-hybridized carbons (Fsp3) is 0.950. The molecule has 5 heteroatoms. The van der Waals surface area contributed by atoms with Gasteiger partial charge in [-0.15, -0.1) is 0 Å². The van der Waals surface area contributed by atoms with Crippen molar-refractivity contribution in [2.45, 2.75) is 77.8 Å². The molecule has 0 saturated heterocycles. The molecule has 1 atom stereocenters. The average Bonchev–Trinajstić information content (AvgIpc) is 2.65. The molecule has 0 bridgehead atoms. The van der Waals surface area contributed by atoms with Crippen LogP contribution >= 0.6 is 0 Å². The van der Waals surface area contributed by atoms with Gasteiger partial charge in [0.15, 0.2) is 5.96 Å². The van der Waals surface area contributed by atoms with Crippen LogP contribution < -0.4 is 10.6 Å². The molecule has 25 heavy (non-hydrogen) atoms. The SMILES string of the molecule is CCN(CC)CCCC(C)NC(=NC)NCCN(C)C1CCCCC1. The van der Waals surface area contributed by atoms with E-state index in [1.54, 1.807) is 0 Å². The molecule has 0 radical (unpaired) electrons. The maximum atomic E-state index is 4.38. The van der Waals surface area contributed by atoms with E-state index in [9.17, 15) is 0 Å². The maximum Gasteiger partial charge on any atom is 0.191 e. The van der Waals surface area contributed by atoms with Crippen molar-refractivity contribution in [1.82, 2.24) is 20.4 Å². The molecule has 0 aromatic carbocycles. The van der Waals surface area contributed by atoms with Crippen molar-refractivity contribution in [3.8, 4) is 0 Å². The van der Waals surface area contributed by atoms with Crippen LogP contribution in [0.15, 0.2) is 4.99 Å². The smallest absolute Gasteiger partial charge is 0.191 e. The highest BCUT2D eigenvalue weighted by Gasteiger charge is 2.17. The first-order valence-corrected chi connectivity index (χ1v) is 10.5. The average molecular weight is 354 g/mol. The maximum absolute atomic E-state index is 4.38. The Bertz CT molecular complexity index is 348. The molecule has 1 aliphatic rings. The van der Waals surface area contributed by atoms with Gasteiger partial charge in [0, 0.05) is 32.2 Å². The highest BCUT2D eigenvalue weighted by molar-refractivity contribution is 5.79. The molecule has 0 aromatic rings. The molecule has 1 aliphatic carbocycles. The van der Waals surface area contributed by atoms with Crippen molar-refractivity contribution in [3.05, 3.63) is 0 Å². The molecule has 0 aromatic heterocycles. The van der Waals surface area contributed by atoms with Crippen molar-refractivity contribution in [2.75, 3.05) is 46.8 Å². The van der Waals surface area contributed by atoms with Crippen LogP contribution in [0.3, 0.4) is 0 Å². The quantitative estimate of drug-likeness (QED) is 0.443. The molecule has 0 heterocycles. The van der Waals surface area contributed by atoms with Gasteiger partial charge in [-0.05, 0) is 59.3 Å². The summed E-state index contributed by atoms with van der Waals surface area (Å²) in [6.07, 6.45) is 9.37. The summed E-state index contributed by atoms with van der Waals surface area (Å²) in [6, 6.07) is 1.24. The van der Waals surface area contributed by atoms with Gasteiger partial charge in [0.2, 0.25) is 0 Å². The lowest BCUT2D eigenvalue weighted by Gasteiger charge is -2.31. The molecule has 2 N–H and O–H groups in total. The first-order chi connectivity index (χ1) is 12.1. The number of hydrogen-bond donors (Lipinski definition) is 2. The third-order valence-electron chi connectivity index (χ3n) is 5.57. The van der Waals surface area contributed by atoms with E-state index in [4.69, 9.17) is 0 Å². The number of likely N-dealkylation sites (N-methyl/N-ethyl adjacent to an activating group) is 1. The third-order valence-corrected chi connectivity index (χ3v) is 5.57. The summed E-state index contributed by atoms with van der Waals surface area (Å²) in [6.45, 7) is 12.3. The molecule has 0 spiro atoms. The van der Waals surface area contributed by atoms with E-state index in [0.29, 0.717) is 6.04 Å². The van der Waals surface area contributed by atoms with Gasteiger partial charge in [-0.2, -0.15) is 0 Å². The molecule has 0 amide bonds. The van der Waals surface area contributed by atoms with Crippen LogP contribution in [0.5, 0.6) is 0 Å². The van der Waals surface area contributed by atoms with Crippen molar-refractivity contribution in [1.29, 1.82) is 0 Å². The Morgan fingerprint density at radius 3 is 2.40 bits per heavy atom. The highest BCUT2D eigenvalue weighted by Crippen LogP contribution is 2.21. The van der Waals surface area contributed by atoms with Crippen LogP contribution in [0.4, 0.5) is 0 Å². The van der Waals surface area contributed by atoms with E-state index in [-0.39, 0.29) is 0 Å². The lowest BCUT2D eigenvalue weighted by atomic mass is 9.94. The predicted octanol–water partition coefficient (Wildman–Crippen LogP) is 2.93. The molecule has 1 fully saturated rings. The van der Waals surface area contributed by atoms with Gasteiger partial charge in [-0.25, -0.2) is 0 Å². The molecule has 1 saturated carbocycles. The zero-order chi connectivity index (χ0) is 18.5. The normalized spacial score (nSPS) is 18.0. The van der Waals surface area contributed by atoms with Crippen molar-refractivity contribution in [3.63, 3.8) is 0 Å². The van der Waals surface area contributed by atoms with Crippen LogP contribution in [0.2, 0.25) is 0 Å². The lowest BCUT2D eigenvalue weighted by Crippen LogP contribution is -2.46. The number of guanidine groups is 1. The van der Waals surface area contributed by atoms with Crippen LogP contribution in [-0.2, 0) is 0 Å². The molecule has 0 aliphatic heterocycles. The minimum atomic E-state index is 0.456. The number of nitrogens with zero attached hydrogens (tertiary/aromatic N) is 3. The van der Waals surface area contributed by atoms with Crippen molar-refractivity contribution >= 4 is 5.96 Å². The van der Waals surface area contributed by atoms with E-state index in [1.807, 2.05) is 7.05 Å². The summed E-state index contributed by atoms with van der Waals surface area (Å²) in [5, 5.41) is 7.01. The second-order valence-corrected chi connectivity index (χ2v) is 7.49. The van der Waals surface area contributed by atoms with Crippen LogP contribution in [0, 0.1) is 0 Å². The Labute approximate surface area is 156 Å². The van der Waals surface area contributed by atoms with Crippen molar-refractivity contribution < 1.29 is 0 Å². The summed E-state index contributed by atoms with van der Waals surface area (Å²) in [5.41, 5.74) is 0. The molecular weight excluding hydrogens is 310 g/mol. The summed E-state index contributed by atoms with van der Waals surface area (Å²) in [4.78, 5) is 9.39. The standard InChI is InChI=1S/C20H43N5/c1-6-25(7-2)16-11-12-18(3)23-20(21-4)22-15-17-24(5)19-13-9-8-10-14-19/h18-19H,6-17H2,1-5H3,(H2,21,22,23). The first-order valence-electron chi connectivity index (χ1n) is 10.5. The minimum Gasteiger partial charge on any atom is -0.355 e. The first kappa shape index (κ1) is 22.2. The number of nitrogens with one attached hydrogen (secondary N) is 2.